The van der Waals surface area contributed by atoms with Crippen molar-refractivity contribution in [1.82, 2.24) is 0 Å². The van der Waals surface area contributed by atoms with E-state index in [1.54, 1.807) is 12.1 Å². The zero-order valence-corrected chi connectivity index (χ0v) is 13.8. The largest absolute Gasteiger partial charge is 0.396 e. The van der Waals surface area contributed by atoms with E-state index in [1.807, 2.05) is 19.1 Å². The standard InChI is InChI=1S/C16H27NO3S/c1-3-5-14(10-11-18)13-17-15-6-8-16(9-7-15)21(19,20)12-4-2/h6-9,14,17-18H,3-5,10-13H2,1-2H3. The van der Waals surface area contributed by atoms with Crippen LogP contribution in [0.25, 0.3) is 0 Å². The summed E-state index contributed by atoms with van der Waals surface area (Å²) in [4.78, 5) is 0.385. The third-order valence-corrected chi connectivity index (χ3v) is 5.45. The maximum Gasteiger partial charge on any atom is 0.178 e. The summed E-state index contributed by atoms with van der Waals surface area (Å²) in [6.45, 7) is 5.01. The van der Waals surface area contributed by atoms with Crippen molar-refractivity contribution in [3.05, 3.63) is 24.3 Å². The van der Waals surface area contributed by atoms with Gasteiger partial charge in [-0.2, -0.15) is 0 Å². The smallest absolute Gasteiger partial charge is 0.178 e. The Balaban J connectivity index is 2.62. The van der Waals surface area contributed by atoms with Crippen LogP contribution in [0.2, 0.25) is 0 Å². The van der Waals surface area contributed by atoms with E-state index >= 15 is 0 Å². The molecule has 0 aromatic heterocycles. The van der Waals surface area contributed by atoms with E-state index < -0.39 is 9.84 Å². The molecule has 1 aromatic rings. The monoisotopic (exact) mass is 313 g/mol. The number of benzene rings is 1. The minimum Gasteiger partial charge on any atom is -0.396 e. The fraction of sp³-hybridized carbons (Fsp3) is 0.625. The minimum atomic E-state index is -3.14. The van der Waals surface area contributed by atoms with Crippen molar-refractivity contribution in [3.8, 4) is 0 Å². The predicted octanol–water partition coefficient (Wildman–Crippen LogP) is 3.08. The van der Waals surface area contributed by atoms with Gasteiger partial charge in [-0.1, -0.05) is 20.3 Å². The predicted molar refractivity (Wildman–Crippen MR) is 87.4 cm³/mol. The molecule has 0 aliphatic heterocycles. The van der Waals surface area contributed by atoms with Crippen molar-refractivity contribution in [2.24, 2.45) is 5.92 Å². The summed E-state index contributed by atoms with van der Waals surface area (Å²) in [5.41, 5.74) is 0.921. The number of aliphatic hydroxyl groups is 1. The van der Waals surface area contributed by atoms with Gasteiger partial charge in [0.1, 0.15) is 0 Å². The molecule has 0 radical (unpaired) electrons. The van der Waals surface area contributed by atoms with Gasteiger partial charge in [-0.25, -0.2) is 8.42 Å². The van der Waals surface area contributed by atoms with Crippen molar-refractivity contribution < 1.29 is 13.5 Å². The van der Waals surface area contributed by atoms with Crippen LogP contribution in [0, 0.1) is 5.92 Å². The maximum atomic E-state index is 11.9. The first-order valence-electron chi connectivity index (χ1n) is 7.71. The second kappa shape index (κ2) is 9.05. The van der Waals surface area contributed by atoms with Crippen molar-refractivity contribution >= 4 is 15.5 Å². The normalized spacial score (nSPS) is 13.1. The number of aliphatic hydroxyl groups excluding tert-OH is 1. The third kappa shape index (κ3) is 6.06. The van der Waals surface area contributed by atoms with Crippen molar-refractivity contribution in [1.29, 1.82) is 0 Å². The zero-order valence-electron chi connectivity index (χ0n) is 13.0. The van der Waals surface area contributed by atoms with Gasteiger partial charge in [-0.05, 0) is 49.4 Å². The van der Waals surface area contributed by atoms with Crippen LogP contribution < -0.4 is 5.32 Å². The van der Waals surface area contributed by atoms with E-state index in [2.05, 4.69) is 12.2 Å². The van der Waals surface area contributed by atoms with E-state index in [9.17, 15) is 8.42 Å². The first-order valence-corrected chi connectivity index (χ1v) is 9.36. The van der Waals surface area contributed by atoms with Gasteiger partial charge in [0.2, 0.25) is 0 Å². The number of rotatable bonds is 10. The van der Waals surface area contributed by atoms with Crippen LogP contribution in [-0.2, 0) is 9.84 Å². The van der Waals surface area contributed by atoms with Crippen LogP contribution in [-0.4, -0.2) is 32.4 Å². The summed E-state index contributed by atoms with van der Waals surface area (Å²) in [5.74, 6) is 0.637. The van der Waals surface area contributed by atoms with Crippen LogP contribution in [0.1, 0.15) is 39.5 Å². The molecule has 0 bridgehead atoms. The lowest BCUT2D eigenvalue weighted by atomic mass is 10.0. The summed E-state index contributed by atoms with van der Waals surface area (Å²) in [6, 6.07) is 6.94. The molecule has 1 aromatic carbocycles. The molecule has 1 rings (SSSR count). The Morgan fingerprint density at radius 3 is 2.29 bits per heavy atom. The highest BCUT2D eigenvalue weighted by atomic mass is 32.2. The SMILES string of the molecule is CCCC(CCO)CNc1ccc(S(=O)(=O)CCC)cc1. The van der Waals surface area contributed by atoms with Crippen LogP contribution in [0.4, 0.5) is 5.69 Å². The zero-order chi connectivity index (χ0) is 15.7. The van der Waals surface area contributed by atoms with Crippen LogP contribution in [0.5, 0.6) is 0 Å². The van der Waals surface area contributed by atoms with E-state index in [1.165, 1.54) is 0 Å². The molecular weight excluding hydrogens is 286 g/mol. The average Bonchev–Trinajstić information content (AvgIpc) is 2.46. The Morgan fingerprint density at radius 2 is 1.76 bits per heavy atom. The van der Waals surface area contributed by atoms with Gasteiger partial charge in [-0.15, -0.1) is 0 Å². The molecule has 0 aliphatic rings. The molecule has 0 spiro atoms. The van der Waals surface area contributed by atoms with Crippen molar-refractivity contribution in [2.75, 3.05) is 24.2 Å². The van der Waals surface area contributed by atoms with Gasteiger partial charge in [-0.3, -0.25) is 0 Å². The number of hydrogen-bond donors (Lipinski definition) is 2. The summed E-state index contributed by atoms with van der Waals surface area (Å²) in [5, 5.41) is 12.4. The van der Waals surface area contributed by atoms with E-state index in [4.69, 9.17) is 5.11 Å². The third-order valence-electron chi connectivity index (χ3n) is 3.52. The molecule has 4 nitrogen and oxygen atoms in total. The van der Waals surface area contributed by atoms with Gasteiger partial charge >= 0.3 is 0 Å². The van der Waals surface area contributed by atoms with Gasteiger partial charge in [0.15, 0.2) is 9.84 Å². The number of nitrogens with one attached hydrogen (secondary N) is 1. The molecule has 1 unspecified atom stereocenters. The molecule has 5 heteroatoms. The lowest BCUT2D eigenvalue weighted by Gasteiger charge is -2.16. The second-order valence-corrected chi connectivity index (χ2v) is 7.50. The van der Waals surface area contributed by atoms with E-state index in [0.717, 1.165) is 31.5 Å². The Hall–Kier alpha value is -1.07. The van der Waals surface area contributed by atoms with E-state index in [-0.39, 0.29) is 12.4 Å². The Bertz CT molecular complexity index is 491. The van der Waals surface area contributed by atoms with Crippen molar-refractivity contribution in [3.63, 3.8) is 0 Å². The van der Waals surface area contributed by atoms with Gasteiger partial charge in [0.05, 0.1) is 10.6 Å². The molecule has 21 heavy (non-hydrogen) atoms. The highest BCUT2D eigenvalue weighted by Crippen LogP contribution is 2.18. The van der Waals surface area contributed by atoms with Gasteiger partial charge in [0, 0.05) is 18.8 Å². The lowest BCUT2D eigenvalue weighted by molar-refractivity contribution is 0.255. The topological polar surface area (TPSA) is 66.4 Å². The van der Waals surface area contributed by atoms with Crippen LogP contribution in [0.3, 0.4) is 0 Å². The molecule has 0 heterocycles. The fourth-order valence-corrected chi connectivity index (χ4v) is 3.69. The lowest BCUT2D eigenvalue weighted by Crippen LogP contribution is -2.15. The van der Waals surface area contributed by atoms with Gasteiger partial charge < -0.3 is 10.4 Å². The number of sulfone groups is 1. The molecule has 0 amide bonds. The fourth-order valence-electron chi connectivity index (χ4n) is 2.37. The molecule has 0 aliphatic carbocycles. The average molecular weight is 313 g/mol. The second-order valence-electron chi connectivity index (χ2n) is 5.39. The number of anilines is 1. The summed E-state index contributed by atoms with van der Waals surface area (Å²) >= 11 is 0. The minimum absolute atomic E-state index is 0.189. The van der Waals surface area contributed by atoms with Crippen LogP contribution >= 0.6 is 0 Å². The number of hydrogen-bond acceptors (Lipinski definition) is 4. The summed E-state index contributed by atoms with van der Waals surface area (Å²) in [7, 11) is -3.14. The van der Waals surface area contributed by atoms with E-state index in [0.29, 0.717) is 17.2 Å². The Kier molecular flexibility index (Phi) is 7.75. The van der Waals surface area contributed by atoms with Crippen LogP contribution in [0.15, 0.2) is 29.2 Å². The summed E-state index contributed by atoms with van der Waals surface area (Å²) < 4.78 is 23.9. The van der Waals surface area contributed by atoms with Gasteiger partial charge in [0.25, 0.3) is 0 Å². The molecule has 1 atom stereocenters. The molecule has 120 valence electrons. The Labute approximate surface area is 128 Å². The molecule has 0 saturated heterocycles. The highest BCUT2D eigenvalue weighted by molar-refractivity contribution is 7.91. The highest BCUT2D eigenvalue weighted by Gasteiger charge is 2.13. The maximum absolute atomic E-state index is 11.9. The summed E-state index contributed by atoms with van der Waals surface area (Å²) in [6.07, 6.45) is 3.60. The first kappa shape index (κ1) is 18.0. The quantitative estimate of drug-likeness (QED) is 0.696. The Morgan fingerprint density at radius 1 is 1.10 bits per heavy atom. The first-order chi connectivity index (χ1) is 10.0. The molecule has 0 fully saturated rings. The van der Waals surface area contributed by atoms with Crippen molar-refractivity contribution in [2.45, 2.75) is 44.4 Å². The molecule has 2 N–H and O–H groups in total. The molecular formula is C16H27NO3S. The molecule has 0 saturated carbocycles.